The van der Waals surface area contributed by atoms with Crippen molar-refractivity contribution in [2.24, 2.45) is 5.92 Å². The van der Waals surface area contributed by atoms with Gasteiger partial charge in [0.1, 0.15) is 0 Å². The minimum Gasteiger partial charge on any atom is -0.384 e. The second-order valence-corrected chi connectivity index (χ2v) is 6.44. The highest BCUT2D eigenvalue weighted by molar-refractivity contribution is 7.89. The first-order valence-corrected chi connectivity index (χ1v) is 7.65. The van der Waals surface area contributed by atoms with Gasteiger partial charge in [0.2, 0.25) is 10.0 Å². The Kier molecular flexibility index (Phi) is 5.78. The van der Waals surface area contributed by atoms with Crippen molar-refractivity contribution >= 4 is 10.0 Å². The summed E-state index contributed by atoms with van der Waals surface area (Å²) in [6, 6.07) is 9.41. The molecule has 0 spiro atoms. The molecule has 0 radical (unpaired) electrons. The van der Waals surface area contributed by atoms with E-state index in [0.717, 1.165) is 5.56 Å². The highest BCUT2D eigenvalue weighted by atomic mass is 32.2. The Morgan fingerprint density at radius 2 is 1.83 bits per heavy atom. The minimum absolute atomic E-state index is 0.0143. The van der Waals surface area contributed by atoms with Crippen LogP contribution in [0.1, 0.15) is 25.5 Å². The molecule has 1 atom stereocenters. The average molecular weight is 271 g/mol. The van der Waals surface area contributed by atoms with E-state index in [1.165, 1.54) is 7.11 Å². The van der Waals surface area contributed by atoms with Gasteiger partial charge in [0, 0.05) is 13.2 Å². The molecule has 0 aliphatic carbocycles. The van der Waals surface area contributed by atoms with E-state index in [4.69, 9.17) is 4.74 Å². The summed E-state index contributed by atoms with van der Waals surface area (Å²) in [5.74, 6) is 0.171. The van der Waals surface area contributed by atoms with Crippen molar-refractivity contribution in [2.75, 3.05) is 19.5 Å². The fourth-order valence-electron chi connectivity index (χ4n) is 1.69. The molecule has 1 N–H and O–H groups in total. The van der Waals surface area contributed by atoms with E-state index in [2.05, 4.69) is 4.72 Å². The molecular weight excluding hydrogens is 250 g/mol. The third-order valence-corrected chi connectivity index (χ3v) is 4.01. The molecule has 0 heterocycles. The first-order valence-electron chi connectivity index (χ1n) is 6.00. The van der Waals surface area contributed by atoms with Crippen LogP contribution in [-0.2, 0) is 14.8 Å². The summed E-state index contributed by atoms with van der Waals surface area (Å²) in [5, 5.41) is 0. The topological polar surface area (TPSA) is 55.4 Å². The second-order valence-electron chi connectivity index (χ2n) is 4.56. The van der Waals surface area contributed by atoms with Gasteiger partial charge in [-0.15, -0.1) is 0 Å². The summed E-state index contributed by atoms with van der Waals surface area (Å²) in [4.78, 5) is 0. The number of hydrogen-bond donors (Lipinski definition) is 1. The zero-order valence-electron chi connectivity index (χ0n) is 11.1. The SMILES string of the molecule is COCCS(=O)(=O)N[C@H](c1ccccc1)C(C)C. The molecule has 1 rings (SSSR count). The van der Waals surface area contributed by atoms with Crippen LogP contribution in [0.25, 0.3) is 0 Å². The standard InChI is InChI=1S/C13H21NO3S/c1-11(2)13(12-7-5-4-6-8-12)14-18(15,16)10-9-17-3/h4-8,11,13-14H,9-10H2,1-3H3/t13-/m0/s1. The summed E-state index contributed by atoms with van der Waals surface area (Å²) in [5.41, 5.74) is 0.980. The quantitative estimate of drug-likeness (QED) is 0.824. The van der Waals surface area contributed by atoms with Crippen molar-refractivity contribution in [3.05, 3.63) is 35.9 Å². The fraction of sp³-hybridized carbons (Fsp3) is 0.538. The highest BCUT2D eigenvalue weighted by Crippen LogP contribution is 2.22. The van der Waals surface area contributed by atoms with E-state index in [0.29, 0.717) is 0 Å². The van der Waals surface area contributed by atoms with Crippen LogP contribution in [0.3, 0.4) is 0 Å². The van der Waals surface area contributed by atoms with Gasteiger partial charge in [-0.3, -0.25) is 0 Å². The Hall–Kier alpha value is -0.910. The molecule has 5 heteroatoms. The smallest absolute Gasteiger partial charge is 0.214 e. The molecule has 0 bridgehead atoms. The molecule has 0 amide bonds. The molecule has 0 saturated heterocycles. The Morgan fingerprint density at radius 3 is 2.33 bits per heavy atom. The maximum Gasteiger partial charge on any atom is 0.214 e. The van der Waals surface area contributed by atoms with Gasteiger partial charge in [0.05, 0.1) is 12.4 Å². The van der Waals surface area contributed by atoms with Crippen LogP contribution < -0.4 is 4.72 Å². The lowest BCUT2D eigenvalue weighted by atomic mass is 9.97. The molecule has 0 saturated carbocycles. The second kappa shape index (κ2) is 6.87. The van der Waals surface area contributed by atoms with Crippen molar-refractivity contribution in [2.45, 2.75) is 19.9 Å². The number of sulfonamides is 1. The van der Waals surface area contributed by atoms with Gasteiger partial charge in [0.25, 0.3) is 0 Å². The molecule has 0 unspecified atom stereocenters. The summed E-state index contributed by atoms with van der Waals surface area (Å²) < 4.78 is 31.3. The van der Waals surface area contributed by atoms with Crippen molar-refractivity contribution < 1.29 is 13.2 Å². The summed E-state index contributed by atoms with van der Waals surface area (Å²) >= 11 is 0. The zero-order chi connectivity index (χ0) is 13.6. The predicted octanol–water partition coefficient (Wildman–Crippen LogP) is 1.95. The summed E-state index contributed by atoms with van der Waals surface area (Å²) in [6.07, 6.45) is 0. The van der Waals surface area contributed by atoms with Crippen LogP contribution >= 0.6 is 0 Å². The number of ether oxygens (including phenoxy) is 1. The van der Waals surface area contributed by atoms with Crippen LogP contribution in [-0.4, -0.2) is 27.9 Å². The largest absolute Gasteiger partial charge is 0.384 e. The van der Waals surface area contributed by atoms with Crippen LogP contribution in [0.5, 0.6) is 0 Å². The van der Waals surface area contributed by atoms with E-state index in [9.17, 15) is 8.42 Å². The predicted molar refractivity (Wildman–Crippen MR) is 72.8 cm³/mol. The van der Waals surface area contributed by atoms with Crippen molar-refractivity contribution in [3.63, 3.8) is 0 Å². The Labute approximate surface area is 109 Å². The van der Waals surface area contributed by atoms with E-state index < -0.39 is 10.0 Å². The third kappa shape index (κ3) is 4.76. The van der Waals surface area contributed by atoms with Crippen molar-refractivity contribution in [3.8, 4) is 0 Å². The van der Waals surface area contributed by atoms with Crippen LogP contribution in [0.4, 0.5) is 0 Å². The van der Waals surface area contributed by atoms with E-state index in [-0.39, 0.29) is 24.3 Å². The molecule has 4 nitrogen and oxygen atoms in total. The lowest BCUT2D eigenvalue weighted by Gasteiger charge is -2.22. The molecule has 102 valence electrons. The molecular formula is C13H21NO3S. The maximum absolute atomic E-state index is 11.9. The number of benzene rings is 1. The van der Waals surface area contributed by atoms with Crippen LogP contribution in [0.15, 0.2) is 30.3 Å². The number of methoxy groups -OCH3 is 1. The van der Waals surface area contributed by atoms with Gasteiger partial charge in [-0.2, -0.15) is 0 Å². The van der Waals surface area contributed by atoms with E-state index in [1.807, 2.05) is 44.2 Å². The normalized spacial score (nSPS) is 13.8. The lowest BCUT2D eigenvalue weighted by Crippen LogP contribution is -2.34. The molecule has 1 aromatic carbocycles. The summed E-state index contributed by atoms with van der Waals surface area (Å²) in [6.45, 7) is 4.20. The van der Waals surface area contributed by atoms with E-state index in [1.54, 1.807) is 0 Å². The van der Waals surface area contributed by atoms with Gasteiger partial charge in [-0.25, -0.2) is 13.1 Å². The number of nitrogens with one attached hydrogen (secondary N) is 1. The Bertz CT molecular complexity index is 443. The lowest BCUT2D eigenvalue weighted by molar-refractivity contribution is 0.216. The van der Waals surface area contributed by atoms with Crippen LogP contribution in [0.2, 0.25) is 0 Å². The molecule has 0 aliphatic heterocycles. The van der Waals surface area contributed by atoms with Gasteiger partial charge in [-0.05, 0) is 11.5 Å². The van der Waals surface area contributed by atoms with Gasteiger partial charge < -0.3 is 4.74 Å². The van der Waals surface area contributed by atoms with Crippen LogP contribution in [0, 0.1) is 5.92 Å². The number of hydrogen-bond acceptors (Lipinski definition) is 3. The molecule has 18 heavy (non-hydrogen) atoms. The third-order valence-electron chi connectivity index (χ3n) is 2.69. The van der Waals surface area contributed by atoms with Crippen molar-refractivity contribution in [1.82, 2.24) is 4.72 Å². The zero-order valence-corrected chi connectivity index (χ0v) is 11.9. The number of rotatable bonds is 7. The monoisotopic (exact) mass is 271 g/mol. The Balaban J connectivity index is 2.82. The Morgan fingerprint density at radius 1 is 1.22 bits per heavy atom. The fourth-order valence-corrected chi connectivity index (χ4v) is 2.99. The van der Waals surface area contributed by atoms with Gasteiger partial charge in [0.15, 0.2) is 0 Å². The maximum atomic E-state index is 11.9. The van der Waals surface area contributed by atoms with E-state index >= 15 is 0 Å². The molecule has 0 aliphatic rings. The summed E-state index contributed by atoms with van der Waals surface area (Å²) in [7, 11) is -1.82. The molecule has 0 aromatic heterocycles. The minimum atomic E-state index is -3.31. The molecule has 1 aromatic rings. The van der Waals surface area contributed by atoms with Gasteiger partial charge >= 0.3 is 0 Å². The van der Waals surface area contributed by atoms with Gasteiger partial charge in [-0.1, -0.05) is 44.2 Å². The van der Waals surface area contributed by atoms with Crippen molar-refractivity contribution in [1.29, 1.82) is 0 Å². The first-order chi connectivity index (χ1) is 8.46. The first kappa shape index (κ1) is 15.1. The molecule has 0 fully saturated rings. The highest BCUT2D eigenvalue weighted by Gasteiger charge is 2.21. The average Bonchev–Trinajstić information content (AvgIpc) is 2.34.